The van der Waals surface area contributed by atoms with E-state index in [1.807, 2.05) is 12.1 Å². The van der Waals surface area contributed by atoms with Gasteiger partial charge in [-0.25, -0.2) is 0 Å². The van der Waals surface area contributed by atoms with Gasteiger partial charge in [0.25, 0.3) is 5.69 Å². The van der Waals surface area contributed by atoms with Crippen LogP contribution in [0.25, 0.3) is 0 Å². The maximum absolute atomic E-state index is 10.6. The Bertz CT molecular complexity index is 574. The summed E-state index contributed by atoms with van der Waals surface area (Å²) >= 11 is 0. The molecule has 0 aliphatic rings. The molecule has 2 rings (SSSR count). The first-order valence-corrected chi connectivity index (χ1v) is 5.86. The number of benzene rings is 2. The molecule has 0 unspecified atom stereocenters. The van der Waals surface area contributed by atoms with Crippen molar-refractivity contribution in [1.82, 2.24) is 0 Å². The lowest BCUT2D eigenvalue weighted by Crippen LogP contribution is -1.94. The van der Waals surface area contributed by atoms with Gasteiger partial charge in [-0.2, -0.15) is 0 Å². The van der Waals surface area contributed by atoms with Gasteiger partial charge in [0.15, 0.2) is 0 Å². The monoisotopic (exact) mass is 241 g/mol. The Morgan fingerprint density at radius 3 is 2.33 bits per heavy atom. The molecule has 0 saturated heterocycles. The van der Waals surface area contributed by atoms with Crippen molar-refractivity contribution in [2.75, 3.05) is 0 Å². The molecule has 0 aliphatic heterocycles. The lowest BCUT2D eigenvalue weighted by molar-refractivity contribution is -0.384. The van der Waals surface area contributed by atoms with Crippen LogP contribution in [-0.2, 0) is 6.42 Å². The van der Waals surface area contributed by atoms with Gasteiger partial charge in [0.05, 0.1) is 4.92 Å². The number of rotatable bonds is 3. The number of hydrogen-bond acceptors (Lipinski definition) is 2. The quantitative estimate of drug-likeness (QED) is 0.606. The van der Waals surface area contributed by atoms with Gasteiger partial charge in [0.1, 0.15) is 0 Å². The summed E-state index contributed by atoms with van der Waals surface area (Å²) in [6.45, 7) is 4.15. The highest BCUT2D eigenvalue weighted by atomic mass is 16.6. The average Bonchev–Trinajstić information content (AvgIpc) is 2.34. The van der Waals surface area contributed by atoms with Gasteiger partial charge in [0.2, 0.25) is 0 Å². The van der Waals surface area contributed by atoms with Crippen LogP contribution < -0.4 is 0 Å². The Hall–Kier alpha value is -2.16. The molecule has 0 aromatic heterocycles. The number of hydrogen-bond donors (Lipinski definition) is 0. The van der Waals surface area contributed by atoms with Crippen LogP contribution in [0.15, 0.2) is 42.5 Å². The zero-order valence-electron chi connectivity index (χ0n) is 10.5. The van der Waals surface area contributed by atoms with Crippen molar-refractivity contribution in [3.63, 3.8) is 0 Å². The number of nitro groups is 1. The number of aryl methyl sites for hydroxylation is 2. The molecule has 0 spiro atoms. The van der Waals surface area contributed by atoms with Crippen molar-refractivity contribution in [3.8, 4) is 0 Å². The molecule has 0 N–H and O–H groups in total. The highest BCUT2D eigenvalue weighted by molar-refractivity contribution is 5.38. The van der Waals surface area contributed by atoms with Gasteiger partial charge < -0.3 is 0 Å². The van der Waals surface area contributed by atoms with Crippen molar-refractivity contribution in [3.05, 3.63) is 74.8 Å². The Morgan fingerprint density at radius 1 is 1.06 bits per heavy atom. The maximum Gasteiger partial charge on any atom is 0.269 e. The minimum absolute atomic E-state index is 0.139. The highest BCUT2D eigenvalue weighted by Gasteiger charge is 2.05. The average molecular weight is 241 g/mol. The van der Waals surface area contributed by atoms with Gasteiger partial charge in [0, 0.05) is 12.1 Å². The third-order valence-electron chi connectivity index (χ3n) is 3.05. The fourth-order valence-corrected chi connectivity index (χ4v) is 1.95. The van der Waals surface area contributed by atoms with Crippen molar-refractivity contribution in [2.45, 2.75) is 20.3 Å². The van der Waals surface area contributed by atoms with E-state index >= 15 is 0 Å². The first-order chi connectivity index (χ1) is 8.56. The van der Waals surface area contributed by atoms with Crippen molar-refractivity contribution >= 4 is 5.69 Å². The molecule has 0 amide bonds. The van der Waals surface area contributed by atoms with Gasteiger partial charge >= 0.3 is 0 Å². The molecule has 2 aromatic carbocycles. The summed E-state index contributed by atoms with van der Waals surface area (Å²) in [5.74, 6) is 0. The Kier molecular flexibility index (Phi) is 3.42. The van der Waals surface area contributed by atoms with Gasteiger partial charge in [-0.3, -0.25) is 10.1 Å². The van der Waals surface area contributed by atoms with Crippen LogP contribution in [0.4, 0.5) is 5.69 Å². The van der Waals surface area contributed by atoms with Crippen LogP contribution in [0.5, 0.6) is 0 Å². The predicted octanol–water partition coefficient (Wildman–Crippen LogP) is 3.80. The van der Waals surface area contributed by atoms with Crippen LogP contribution in [0, 0.1) is 24.0 Å². The maximum atomic E-state index is 10.6. The second-order valence-electron chi connectivity index (χ2n) is 4.53. The van der Waals surface area contributed by atoms with E-state index in [-0.39, 0.29) is 10.6 Å². The van der Waals surface area contributed by atoms with E-state index in [1.54, 1.807) is 12.1 Å². The second kappa shape index (κ2) is 5.00. The number of nitrogens with zero attached hydrogens (tertiary/aromatic N) is 1. The van der Waals surface area contributed by atoms with E-state index in [2.05, 4.69) is 32.0 Å². The topological polar surface area (TPSA) is 43.1 Å². The first-order valence-electron chi connectivity index (χ1n) is 5.86. The summed E-state index contributed by atoms with van der Waals surface area (Å²) in [7, 11) is 0. The Labute approximate surface area is 106 Å². The molecule has 0 radical (unpaired) electrons. The van der Waals surface area contributed by atoms with Crippen LogP contribution in [0.1, 0.15) is 22.3 Å². The molecule has 0 saturated carbocycles. The third kappa shape index (κ3) is 2.74. The molecule has 0 aliphatic carbocycles. The summed E-state index contributed by atoms with van der Waals surface area (Å²) < 4.78 is 0. The molecule has 0 bridgehead atoms. The molecule has 2 aromatic rings. The normalized spacial score (nSPS) is 10.3. The molecule has 3 heteroatoms. The van der Waals surface area contributed by atoms with Gasteiger partial charge in [-0.15, -0.1) is 0 Å². The van der Waals surface area contributed by atoms with Gasteiger partial charge in [-0.1, -0.05) is 35.9 Å². The Balaban J connectivity index is 2.23. The lowest BCUT2D eigenvalue weighted by atomic mass is 9.98. The van der Waals surface area contributed by atoms with Crippen LogP contribution in [0.2, 0.25) is 0 Å². The zero-order valence-corrected chi connectivity index (χ0v) is 10.5. The first kappa shape index (κ1) is 12.3. The van der Waals surface area contributed by atoms with E-state index in [1.165, 1.54) is 16.7 Å². The third-order valence-corrected chi connectivity index (χ3v) is 3.05. The molecule has 92 valence electrons. The van der Waals surface area contributed by atoms with E-state index in [9.17, 15) is 10.1 Å². The standard InChI is InChI=1S/C15H15NO2/c1-11-3-4-12(2)14(9-11)10-13-5-7-15(8-6-13)16(17)18/h3-9H,10H2,1-2H3. The molecule has 3 nitrogen and oxygen atoms in total. The molecular formula is C15H15NO2. The fraction of sp³-hybridized carbons (Fsp3) is 0.200. The van der Waals surface area contributed by atoms with E-state index in [0.29, 0.717) is 0 Å². The van der Waals surface area contributed by atoms with Crippen LogP contribution in [-0.4, -0.2) is 4.92 Å². The number of nitro benzene ring substituents is 1. The lowest BCUT2D eigenvalue weighted by Gasteiger charge is -2.07. The van der Waals surface area contributed by atoms with Crippen molar-refractivity contribution < 1.29 is 4.92 Å². The predicted molar refractivity (Wildman–Crippen MR) is 71.8 cm³/mol. The zero-order chi connectivity index (χ0) is 13.1. The van der Waals surface area contributed by atoms with Gasteiger partial charge in [-0.05, 0) is 37.0 Å². The number of non-ortho nitro benzene ring substituents is 1. The fourth-order valence-electron chi connectivity index (χ4n) is 1.95. The summed E-state index contributed by atoms with van der Waals surface area (Å²) in [6, 6.07) is 13.1. The minimum Gasteiger partial charge on any atom is -0.258 e. The molecule has 0 fully saturated rings. The smallest absolute Gasteiger partial charge is 0.258 e. The minimum atomic E-state index is -0.373. The molecule has 18 heavy (non-hydrogen) atoms. The van der Waals surface area contributed by atoms with Crippen molar-refractivity contribution in [2.24, 2.45) is 0 Å². The highest BCUT2D eigenvalue weighted by Crippen LogP contribution is 2.18. The summed E-state index contributed by atoms with van der Waals surface area (Å²) in [5, 5.41) is 10.6. The summed E-state index contributed by atoms with van der Waals surface area (Å²) in [4.78, 5) is 10.2. The second-order valence-corrected chi connectivity index (χ2v) is 4.53. The largest absolute Gasteiger partial charge is 0.269 e. The van der Waals surface area contributed by atoms with Crippen molar-refractivity contribution in [1.29, 1.82) is 0 Å². The summed E-state index contributed by atoms with van der Waals surface area (Å²) in [6.07, 6.45) is 0.811. The Morgan fingerprint density at radius 2 is 1.72 bits per heavy atom. The molecule has 0 atom stereocenters. The molecular weight excluding hydrogens is 226 g/mol. The van der Waals surface area contributed by atoms with E-state index in [4.69, 9.17) is 0 Å². The SMILES string of the molecule is Cc1ccc(C)c(Cc2ccc([N+](=O)[O-])cc2)c1. The van der Waals surface area contributed by atoms with E-state index < -0.39 is 0 Å². The van der Waals surface area contributed by atoms with E-state index in [0.717, 1.165) is 12.0 Å². The van der Waals surface area contributed by atoms with Crippen LogP contribution >= 0.6 is 0 Å². The summed E-state index contributed by atoms with van der Waals surface area (Å²) in [5.41, 5.74) is 4.98. The van der Waals surface area contributed by atoms with Crippen LogP contribution in [0.3, 0.4) is 0 Å². The molecule has 0 heterocycles.